The van der Waals surface area contributed by atoms with Gasteiger partial charge in [-0.3, -0.25) is 4.79 Å². The molecule has 0 aliphatic carbocycles. The second-order valence-electron chi connectivity index (χ2n) is 4.39. The normalized spacial score (nSPS) is 15.4. The standard InChI is InChI=1S/C14H12ClNO3/c1-8-10(4-5-18-8)14(15)9-2-3-12-11(6-9)16-13(17)7-19-12/h2-6,14H,7H2,1H3,(H,16,17). The number of benzene rings is 1. The van der Waals surface area contributed by atoms with Crippen LogP contribution in [0.4, 0.5) is 5.69 Å². The van der Waals surface area contributed by atoms with Crippen LogP contribution in [0, 0.1) is 6.92 Å². The number of fused-ring (bicyclic) bond motifs is 1. The Morgan fingerprint density at radius 3 is 2.95 bits per heavy atom. The first-order chi connectivity index (χ1) is 9.15. The van der Waals surface area contributed by atoms with E-state index >= 15 is 0 Å². The molecule has 2 aromatic rings. The Balaban J connectivity index is 1.96. The first kappa shape index (κ1) is 12.1. The van der Waals surface area contributed by atoms with Crippen molar-refractivity contribution in [1.82, 2.24) is 0 Å². The maximum absolute atomic E-state index is 11.3. The third-order valence-electron chi connectivity index (χ3n) is 3.10. The van der Waals surface area contributed by atoms with E-state index in [9.17, 15) is 4.79 Å². The third-order valence-corrected chi connectivity index (χ3v) is 3.59. The average Bonchev–Trinajstić information content (AvgIpc) is 2.83. The van der Waals surface area contributed by atoms with Crippen molar-refractivity contribution in [3.8, 4) is 5.75 Å². The molecule has 1 atom stereocenters. The molecular formula is C14H12ClNO3. The van der Waals surface area contributed by atoms with Crippen LogP contribution < -0.4 is 10.1 Å². The zero-order valence-electron chi connectivity index (χ0n) is 10.3. The predicted molar refractivity (Wildman–Crippen MR) is 71.7 cm³/mol. The highest BCUT2D eigenvalue weighted by Gasteiger charge is 2.20. The number of ether oxygens (including phenoxy) is 1. The summed E-state index contributed by atoms with van der Waals surface area (Å²) in [6.07, 6.45) is 1.61. The number of furan rings is 1. The van der Waals surface area contributed by atoms with E-state index in [0.717, 1.165) is 16.9 Å². The Morgan fingerprint density at radius 2 is 2.21 bits per heavy atom. The molecule has 0 spiro atoms. The van der Waals surface area contributed by atoms with Gasteiger partial charge in [-0.1, -0.05) is 6.07 Å². The minimum absolute atomic E-state index is 0.0531. The fourth-order valence-electron chi connectivity index (χ4n) is 2.10. The fourth-order valence-corrected chi connectivity index (χ4v) is 2.46. The van der Waals surface area contributed by atoms with Crippen LogP contribution in [0.1, 0.15) is 22.3 Å². The lowest BCUT2D eigenvalue weighted by molar-refractivity contribution is -0.118. The summed E-state index contributed by atoms with van der Waals surface area (Å²) in [7, 11) is 0. The van der Waals surface area contributed by atoms with Gasteiger partial charge in [-0.2, -0.15) is 0 Å². The Labute approximate surface area is 115 Å². The molecule has 0 fully saturated rings. The lowest BCUT2D eigenvalue weighted by Gasteiger charge is -2.19. The van der Waals surface area contributed by atoms with Gasteiger partial charge in [0.25, 0.3) is 5.91 Å². The molecule has 1 aromatic heterocycles. The highest BCUT2D eigenvalue weighted by atomic mass is 35.5. The van der Waals surface area contributed by atoms with E-state index in [1.165, 1.54) is 0 Å². The van der Waals surface area contributed by atoms with Crippen LogP contribution in [0.2, 0.25) is 0 Å². The van der Waals surface area contributed by atoms with Gasteiger partial charge >= 0.3 is 0 Å². The fraction of sp³-hybridized carbons (Fsp3) is 0.214. The van der Waals surface area contributed by atoms with Crippen LogP contribution >= 0.6 is 11.6 Å². The summed E-state index contributed by atoms with van der Waals surface area (Å²) in [5.74, 6) is 1.30. The Hall–Kier alpha value is -1.94. The zero-order valence-corrected chi connectivity index (χ0v) is 11.0. The second-order valence-corrected chi connectivity index (χ2v) is 4.82. The van der Waals surface area contributed by atoms with E-state index in [2.05, 4.69) is 5.32 Å². The molecule has 0 bridgehead atoms. The number of hydrogen-bond donors (Lipinski definition) is 1. The number of halogens is 1. The Bertz CT molecular complexity index is 635. The van der Waals surface area contributed by atoms with Gasteiger partial charge in [-0.05, 0) is 30.7 Å². The molecular weight excluding hydrogens is 266 g/mol. The quantitative estimate of drug-likeness (QED) is 0.857. The SMILES string of the molecule is Cc1occc1C(Cl)c1ccc2c(c1)NC(=O)CO2. The number of amides is 1. The lowest BCUT2D eigenvalue weighted by atomic mass is 10.0. The van der Waals surface area contributed by atoms with Crippen molar-refractivity contribution in [2.45, 2.75) is 12.3 Å². The van der Waals surface area contributed by atoms with Crippen LogP contribution in [0.3, 0.4) is 0 Å². The maximum atomic E-state index is 11.3. The molecule has 1 aromatic carbocycles. The third kappa shape index (κ3) is 2.19. The molecule has 2 heterocycles. The molecule has 1 N–H and O–H groups in total. The molecule has 1 aliphatic rings. The number of hydrogen-bond acceptors (Lipinski definition) is 3. The van der Waals surface area contributed by atoms with Crippen LogP contribution in [-0.4, -0.2) is 12.5 Å². The molecule has 3 rings (SSSR count). The highest BCUT2D eigenvalue weighted by molar-refractivity contribution is 6.22. The minimum Gasteiger partial charge on any atom is -0.482 e. The molecule has 0 saturated carbocycles. The van der Waals surface area contributed by atoms with Crippen LogP contribution in [0.25, 0.3) is 0 Å². The monoisotopic (exact) mass is 277 g/mol. The molecule has 0 saturated heterocycles. The van der Waals surface area contributed by atoms with E-state index in [1.807, 2.05) is 31.2 Å². The molecule has 1 unspecified atom stereocenters. The number of rotatable bonds is 2. The van der Waals surface area contributed by atoms with Crippen LogP contribution in [-0.2, 0) is 4.79 Å². The van der Waals surface area contributed by atoms with Crippen molar-refractivity contribution in [1.29, 1.82) is 0 Å². The van der Waals surface area contributed by atoms with Gasteiger partial charge in [0.2, 0.25) is 0 Å². The van der Waals surface area contributed by atoms with Gasteiger partial charge in [0.15, 0.2) is 6.61 Å². The van der Waals surface area contributed by atoms with Crippen molar-refractivity contribution in [2.75, 3.05) is 11.9 Å². The van der Waals surface area contributed by atoms with Crippen LogP contribution in [0.15, 0.2) is 34.9 Å². The van der Waals surface area contributed by atoms with Gasteiger partial charge in [-0.25, -0.2) is 0 Å². The predicted octanol–water partition coefficient (Wildman–Crippen LogP) is 3.25. The molecule has 5 heteroatoms. The number of anilines is 1. The average molecular weight is 278 g/mol. The van der Waals surface area contributed by atoms with E-state index in [4.69, 9.17) is 20.8 Å². The number of aryl methyl sites for hydroxylation is 1. The Kier molecular flexibility index (Phi) is 2.95. The summed E-state index contributed by atoms with van der Waals surface area (Å²) in [6.45, 7) is 1.92. The van der Waals surface area contributed by atoms with Crippen molar-refractivity contribution >= 4 is 23.2 Å². The summed E-state index contributed by atoms with van der Waals surface area (Å²) >= 11 is 6.44. The summed E-state index contributed by atoms with van der Waals surface area (Å²) in [5.41, 5.74) is 2.46. The van der Waals surface area contributed by atoms with E-state index in [1.54, 1.807) is 6.26 Å². The van der Waals surface area contributed by atoms with Gasteiger partial charge < -0.3 is 14.5 Å². The van der Waals surface area contributed by atoms with Crippen LogP contribution in [0.5, 0.6) is 5.75 Å². The van der Waals surface area contributed by atoms with Gasteiger partial charge in [0, 0.05) is 5.56 Å². The van der Waals surface area contributed by atoms with Gasteiger partial charge in [-0.15, -0.1) is 11.6 Å². The first-order valence-corrected chi connectivity index (χ1v) is 6.33. The molecule has 1 amide bonds. The number of carbonyl (C=O) groups excluding carboxylic acids is 1. The van der Waals surface area contributed by atoms with Crippen molar-refractivity contribution in [3.05, 3.63) is 47.4 Å². The molecule has 98 valence electrons. The molecule has 4 nitrogen and oxygen atoms in total. The minimum atomic E-state index is -0.317. The van der Waals surface area contributed by atoms with E-state index < -0.39 is 0 Å². The summed E-state index contributed by atoms with van der Waals surface area (Å²) in [5, 5.41) is 2.45. The molecule has 19 heavy (non-hydrogen) atoms. The highest BCUT2D eigenvalue weighted by Crippen LogP contribution is 2.36. The summed E-state index contributed by atoms with van der Waals surface area (Å²) in [4.78, 5) is 11.3. The lowest BCUT2D eigenvalue weighted by Crippen LogP contribution is -2.25. The number of nitrogens with one attached hydrogen (secondary N) is 1. The topological polar surface area (TPSA) is 51.5 Å². The second kappa shape index (κ2) is 4.63. The number of alkyl halides is 1. The van der Waals surface area contributed by atoms with Gasteiger partial charge in [0.05, 0.1) is 17.3 Å². The number of carbonyl (C=O) groups is 1. The zero-order chi connectivity index (χ0) is 13.4. The van der Waals surface area contributed by atoms with Crippen molar-refractivity contribution in [2.24, 2.45) is 0 Å². The maximum Gasteiger partial charge on any atom is 0.262 e. The van der Waals surface area contributed by atoms with E-state index in [0.29, 0.717) is 11.4 Å². The first-order valence-electron chi connectivity index (χ1n) is 5.90. The van der Waals surface area contributed by atoms with Crippen molar-refractivity contribution in [3.63, 3.8) is 0 Å². The van der Waals surface area contributed by atoms with Gasteiger partial charge in [0.1, 0.15) is 11.5 Å². The Morgan fingerprint density at radius 1 is 1.37 bits per heavy atom. The molecule has 1 aliphatic heterocycles. The molecule has 0 radical (unpaired) electrons. The van der Waals surface area contributed by atoms with Crippen molar-refractivity contribution < 1.29 is 13.9 Å². The van der Waals surface area contributed by atoms with E-state index in [-0.39, 0.29) is 17.9 Å². The summed E-state index contributed by atoms with van der Waals surface area (Å²) < 4.78 is 10.6. The summed E-state index contributed by atoms with van der Waals surface area (Å²) in [6, 6.07) is 7.38. The largest absolute Gasteiger partial charge is 0.482 e. The smallest absolute Gasteiger partial charge is 0.262 e.